The fourth-order valence-electron chi connectivity index (χ4n) is 2.57. The number of sulfonamides is 1. The Balaban J connectivity index is 2.39. The molecule has 0 amide bonds. The van der Waals surface area contributed by atoms with Gasteiger partial charge in [0.25, 0.3) is 5.56 Å². The first-order valence-corrected chi connectivity index (χ1v) is 9.31. The summed E-state index contributed by atoms with van der Waals surface area (Å²) >= 11 is 0. The first-order chi connectivity index (χ1) is 12.9. The van der Waals surface area contributed by atoms with Crippen LogP contribution in [0.1, 0.15) is 15.9 Å². The molecule has 0 bridgehead atoms. The van der Waals surface area contributed by atoms with E-state index in [2.05, 4.69) is 0 Å². The molecule has 0 atom stereocenters. The molecule has 9 nitrogen and oxygen atoms in total. The van der Waals surface area contributed by atoms with E-state index in [9.17, 15) is 36.0 Å². The Kier molecular flexibility index (Phi) is 4.41. The number of nitrogens with one attached hydrogen (secondary N) is 2. The van der Waals surface area contributed by atoms with E-state index in [1.54, 1.807) is 4.83 Å². The molecule has 3 aromatic rings. The van der Waals surface area contributed by atoms with Crippen LogP contribution in [0.2, 0.25) is 0 Å². The van der Waals surface area contributed by atoms with E-state index < -0.39 is 44.2 Å². The molecule has 1 aromatic carbocycles. The smallest absolute Gasteiger partial charge is 0.322 e. The van der Waals surface area contributed by atoms with E-state index in [-0.39, 0.29) is 15.6 Å². The third kappa shape index (κ3) is 3.55. The van der Waals surface area contributed by atoms with Crippen molar-refractivity contribution < 1.29 is 26.4 Å². The predicted octanol–water partition coefficient (Wildman–Crippen LogP) is 0.815. The molecule has 0 saturated heterocycles. The number of benzene rings is 1. The van der Waals surface area contributed by atoms with Crippen molar-refractivity contribution in [2.75, 3.05) is 11.1 Å². The van der Waals surface area contributed by atoms with Crippen LogP contribution in [0.4, 0.5) is 13.2 Å². The van der Waals surface area contributed by atoms with Crippen molar-refractivity contribution in [1.82, 2.24) is 14.2 Å². The topological polar surface area (TPSA) is 123 Å². The van der Waals surface area contributed by atoms with Gasteiger partial charge in [0.2, 0.25) is 10.0 Å². The Morgan fingerprint density at radius 3 is 2.43 bits per heavy atom. The quantitative estimate of drug-likeness (QED) is 0.610. The maximum atomic E-state index is 13.5. The van der Waals surface area contributed by atoms with E-state index in [0.717, 1.165) is 16.8 Å². The SMILES string of the molecule is CS(=O)(=O)Nn1c(=O)[nH]c2cc(C(F)(F)F)c(-n3ccc(C=O)c3)cc2c1=O. The second-order valence-electron chi connectivity index (χ2n) is 5.82. The van der Waals surface area contributed by atoms with Crippen LogP contribution in [0.15, 0.2) is 40.2 Å². The molecule has 2 heterocycles. The molecule has 2 N–H and O–H groups in total. The minimum absolute atomic E-state index is 0.103. The summed E-state index contributed by atoms with van der Waals surface area (Å²) in [6.45, 7) is 0. The monoisotopic (exact) mass is 416 g/mol. The number of aromatic amines is 1. The standard InChI is InChI=1S/C15H11F3N4O5S/c1-28(26,27)20-22-13(24)9-4-12(21-3-2-8(6-21)7-23)10(15(16,17)18)5-11(9)19-14(22)25/h2-7,20H,1H3,(H,19,25). The average molecular weight is 416 g/mol. The number of nitrogens with zero attached hydrogens (tertiary/aromatic N) is 2. The van der Waals surface area contributed by atoms with Gasteiger partial charge in [-0.3, -0.25) is 9.59 Å². The lowest BCUT2D eigenvalue weighted by Gasteiger charge is -2.15. The summed E-state index contributed by atoms with van der Waals surface area (Å²) in [6, 6.07) is 2.69. The average Bonchev–Trinajstić information content (AvgIpc) is 3.05. The van der Waals surface area contributed by atoms with Gasteiger partial charge in [0.05, 0.1) is 28.4 Å². The highest BCUT2D eigenvalue weighted by atomic mass is 32.2. The van der Waals surface area contributed by atoms with Crippen LogP contribution in [-0.4, -0.2) is 35.2 Å². The molecule has 0 saturated carbocycles. The van der Waals surface area contributed by atoms with Gasteiger partial charge in [0.15, 0.2) is 6.29 Å². The van der Waals surface area contributed by atoms with Crippen molar-refractivity contribution in [1.29, 1.82) is 0 Å². The van der Waals surface area contributed by atoms with Gasteiger partial charge in [-0.15, -0.1) is 0 Å². The molecule has 0 fully saturated rings. The third-order valence-electron chi connectivity index (χ3n) is 3.71. The number of hydrogen-bond donors (Lipinski definition) is 2. The van der Waals surface area contributed by atoms with Gasteiger partial charge < -0.3 is 9.55 Å². The van der Waals surface area contributed by atoms with Gasteiger partial charge in [-0.2, -0.15) is 17.8 Å². The third-order valence-corrected chi connectivity index (χ3v) is 4.22. The molecule has 0 aliphatic rings. The van der Waals surface area contributed by atoms with Gasteiger partial charge in [-0.1, -0.05) is 0 Å². The van der Waals surface area contributed by atoms with Crippen LogP contribution in [0.25, 0.3) is 16.6 Å². The predicted molar refractivity (Wildman–Crippen MR) is 92.7 cm³/mol. The molecule has 28 heavy (non-hydrogen) atoms. The van der Waals surface area contributed by atoms with Crippen molar-refractivity contribution in [2.45, 2.75) is 6.18 Å². The lowest BCUT2D eigenvalue weighted by Crippen LogP contribution is -2.43. The minimum Gasteiger partial charge on any atom is -0.322 e. The zero-order valence-corrected chi connectivity index (χ0v) is 14.8. The second kappa shape index (κ2) is 6.37. The number of H-pyrrole nitrogens is 1. The molecule has 0 unspecified atom stereocenters. The van der Waals surface area contributed by atoms with Crippen molar-refractivity contribution in [3.63, 3.8) is 0 Å². The summed E-state index contributed by atoms with van der Waals surface area (Å²) in [6.07, 6.45) is -1.39. The van der Waals surface area contributed by atoms with E-state index in [1.165, 1.54) is 12.3 Å². The van der Waals surface area contributed by atoms with Crippen LogP contribution in [-0.2, 0) is 16.2 Å². The molecular weight excluding hydrogens is 405 g/mol. The molecule has 0 radical (unpaired) electrons. The molecule has 0 aliphatic heterocycles. The number of rotatable bonds is 4. The van der Waals surface area contributed by atoms with Crippen molar-refractivity contribution in [3.05, 3.63) is 62.6 Å². The Morgan fingerprint density at radius 2 is 1.89 bits per heavy atom. The summed E-state index contributed by atoms with van der Waals surface area (Å²) in [5, 5.41) is -0.375. The van der Waals surface area contributed by atoms with Gasteiger partial charge >= 0.3 is 11.9 Å². The molecular formula is C15H11F3N4O5S. The number of carbonyl (C=O) groups excluding carboxylic acids is 1. The molecule has 13 heteroatoms. The van der Waals surface area contributed by atoms with Crippen molar-refractivity contribution in [2.24, 2.45) is 0 Å². The normalized spacial score (nSPS) is 12.3. The molecule has 2 aromatic heterocycles. The highest BCUT2D eigenvalue weighted by Crippen LogP contribution is 2.35. The number of alkyl halides is 3. The summed E-state index contributed by atoms with van der Waals surface area (Å²) in [5.41, 5.74) is -4.40. The number of aldehydes is 1. The van der Waals surface area contributed by atoms with Gasteiger partial charge in [-0.05, 0) is 18.2 Å². The number of hydrogen-bond acceptors (Lipinski definition) is 5. The number of aromatic nitrogens is 3. The molecule has 0 aliphatic carbocycles. The molecule has 148 valence electrons. The summed E-state index contributed by atoms with van der Waals surface area (Å²) in [5.74, 6) is 0. The van der Waals surface area contributed by atoms with E-state index >= 15 is 0 Å². The van der Waals surface area contributed by atoms with Crippen LogP contribution in [0.5, 0.6) is 0 Å². The van der Waals surface area contributed by atoms with E-state index in [0.29, 0.717) is 18.6 Å². The van der Waals surface area contributed by atoms with Crippen molar-refractivity contribution >= 4 is 27.2 Å². The Labute approximate surface area is 154 Å². The van der Waals surface area contributed by atoms with Gasteiger partial charge in [-0.25, -0.2) is 18.0 Å². The zero-order chi connectivity index (χ0) is 20.9. The second-order valence-corrected chi connectivity index (χ2v) is 7.54. The molecule has 0 spiro atoms. The highest BCUT2D eigenvalue weighted by molar-refractivity contribution is 7.91. The first kappa shape index (κ1) is 19.4. The van der Waals surface area contributed by atoms with Crippen LogP contribution in [0, 0.1) is 0 Å². The highest BCUT2D eigenvalue weighted by Gasteiger charge is 2.35. The molecule has 3 rings (SSSR count). The summed E-state index contributed by atoms with van der Waals surface area (Å²) in [7, 11) is -4.02. The number of halogens is 3. The van der Waals surface area contributed by atoms with Crippen LogP contribution < -0.4 is 16.1 Å². The van der Waals surface area contributed by atoms with Gasteiger partial charge in [0, 0.05) is 18.0 Å². The Hall–Kier alpha value is -3.35. The zero-order valence-electron chi connectivity index (χ0n) is 13.9. The van der Waals surface area contributed by atoms with E-state index in [4.69, 9.17) is 0 Å². The summed E-state index contributed by atoms with van der Waals surface area (Å²) in [4.78, 5) is 39.0. The van der Waals surface area contributed by atoms with Crippen molar-refractivity contribution in [3.8, 4) is 5.69 Å². The Bertz CT molecular complexity index is 1320. The number of carbonyl (C=O) groups is 1. The lowest BCUT2D eigenvalue weighted by atomic mass is 10.1. The van der Waals surface area contributed by atoms with E-state index in [1.807, 2.05) is 4.98 Å². The fraction of sp³-hybridized carbons (Fsp3) is 0.133. The minimum atomic E-state index is -4.84. The van der Waals surface area contributed by atoms with Crippen LogP contribution in [0.3, 0.4) is 0 Å². The lowest BCUT2D eigenvalue weighted by molar-refractivity contribution is -0.137. The maximum Gasteiger partial charge on any atom is 0.418 e. The van der Waals surface area contributed by atoms with Gasteiger partial charge in [0.1, 0.15) is 0 Å². The van der Waals surface area contributed by atoms with Crippen LogP contribution >= 0.6 is 0 Å². The largest absolute Gasteiger partial charge is 0.418 e. The first-order valence-electron chi connectivity index (χ1n) is 7.42. The Morgan fingerprint density at radius 1 is 1.21 bits per heavy atom. The fourth-order valence-corrected chi connectivity index (χ4v) is 3.07. The number of fused-ring (bicyclic) bond motifs is 1. The maximum absolute atomic E-state index is 13.5. The summed E-state index contributed by atoms with van der Waals surface area (Å²) < 4.78 is 64.3.